The molecule has 1 aliphatic heterocycles. The minimum Gasteiger partial charge on any atom is -0.511 e. The fraction of sp³-hybridized carbons (Fsp3) is 0.526. The summed E-state index contributed by atoms with van der Waals surface area (Å²) in [6.07, 6.45) is 13.9. The Morgan fingerprint density at radius 1 is 1.21 bits per heavy atom. The van der Waals surface area contributed by atoms with Crippen LogP contribution in [-0.4, -0.2) is 29.2 Å². The molecule has 5 nitrogen and oxygen atoms in total. The summed E-state index contributed by atoms with van der Waals surface area (Å²) in [5.41, 5.74) is 0.625. The number of amides is 2. The van der Waals surface area contributed by atoms with Crippen LogP contribution in [0.15, 0.2) is 40.6 Å². The molecule has 0 saturated carbocycles. The Bertz CT molecular complexity index is 600. The summed E-state index contributed by atoms with van der Waals surface area (Å²) in [5.74, 6) is -1.23. The predicted molar refractivity (Wildman–Crippen MR) is 94.9 cm³/mol. The highest BCUT2D eigenvalue weighted by Gasteiger charge is 2.30. The van der Waals surface area contributed by atoms with E-state index < -0.39 is 11.8 Å². The molecule has 2 amide bonds. The quantitative estimate of drug-likeness (QED) is 0.636. The van der Waals surface area contributed by atoms with Crippen molar-refractivity contribution in [2.24, 2.45) is 10.9 Å². The van der Waals surface area contributed by atoms with Crippen LogP contribution in [0, 0.1) is 5.92 Å². The van der Waals surface area contributed by atoms with Crippen molar-refractivity contribution >= 4 is 17.5 Å². The number of aliphatic hydroxyl groups is 1. The highest BCUT2D eigenvalue weighted by Crippen LogP contribution is 2.27. The first-order valence-electron chi connectivity index (χ1n) is 8.80. The van der Waals surface area contributed by atoms with Gasteiger partial charge in [0.15, 0.2) is 0 Å². The second kappa shape index (κ2) is 9.21. The van der Waals surface area contributed by atoms with Crippen molar-refractivity contribution in [3.63, 3.8) is 0 Å². The zero-order valence-electron chi connectivity index (χ0n) is 14.3. The lowest BCUT2D eigenvalue weighted by Gasteiger charge is -2.21. The van der Waals surface area contributed by atoms with Crippen molar-refractivity contribution in [2.45, 2.75) is 51.9 Å². The third-order valence-corrected chi connectivity index (χ3v) is 4.28. The van der Waals surface area contributed by atoms with Crippen molar-refractivity contribution in [1.82, 2.24) is 5.32 Å². The van der Waals surface area contributed by atoms with Crippen molar-refractivity contribution in [3.05, 3.63) is 35.6 Å². The van der Waals surface area contributed by atoms with E-state index in [-0.39, 0.29) is 23.7 Å². The van der Waals surface area contributed by atoms with Gasteiger partial charge in [-0.05, 0) is 12.5 Å². The van der Waals surface area contributed by atoms with Crippen LogP contribution < -0.4 is 5.32 Å². The van der Waals surface area contributed by atoms with E-state index in [1.807, 2.05) is 0 Å². The molecule has 5 heteroatoms. The fourth-order valence-corrected chi connectivity index (χ4v) is 2.87. The number of hydrogen-bond donors (Lipinski definition) is 2. The van der Waals surface area contributed by atoms with E-state index in [0.29, 0.717) is 12.3 Å². The van der Waals surface area contributed by atoms with Gasteiger partial charge < -0.3 is 10.4 Å². The zero-order chi connectivity index (χ0) is 17.4. The smallest absolute Gasteiger partial charge is 0.277 e. The summed E-state index contributed by atoms with van der Waals surface area (Å²) in [6.45, 7) is 2.79. The first-order valence-corrected chi connectivity index (χ1v) is 8.80. The Balaban J connectivity index is 1.78. The second-order valence-corrected chi connectivity index (χ2v) is 6.22. The van der Waals surface area contributed by atoms with E-state index >= 15 is 0 Å². The van der Waals surface area contributed by atoms with Crippen LogP contribution in [-0.2, 0) is 9.59 Å². The van der Waals surface area contributed by atoms with Gasteiger partial charge in [-0.1, -0.05) is 57.3 Å². The summed E-state index contributed by atoms with van der Waals surface area (Å²) < 4.78 is 0. The maximum atomic E-state index is 12.0. The lowest BCUT2D eigenvalue weighted by Crippen LogP contribution is -2.30. The van der Waals surface area contributed by atoms with Crippen LogP contribution in [0.2, 0.25) is 0 Å². The van der Waals surface area contributed by atoms with Gasteiger partial charge in [-0.25, -0.2) is 4.99 Å². The summed E-state index contributed by atoms with van der Waals surface area (Å²) in [6, 6.07) is 0. The van der Waals surface area contributed by atoms with Gasteiger partial charge in [-0.2, -0.15) is 0 Å². The van der Waals surface area contributed by atoms with E-state index in [1.165, 1.54) is 25.7 Å². The van der Waals surface area contributed by atoms with Gasteiger partial charge in [-0.15, -0.1) is 0 Å². The van der Waals surface area contributed by atoms with Gasteiger partial charge in [0.1, 0.15) is 5.76 Å². The third kappa shape index (κ3) is 4.91. The SMILES string of the molecule is CCCCCCCCNC(=O)CC1=C(O)C2C=CC=CC2=NC1=O. The molecule has 0 spiro atoms. The number of dihydropyridines is 1. The number of aliphatic imine (C=N–C) groups is 1. The lowest BCUT2D eigenvalue weighted by molar-refractivity contribution is -0.122. The van der Waals surface area contributed by atoms with Crippen LogP contribution in [0.4, 0.5) is 0 Å². The van der Waals surface area contributed by atoms with Crippen LogP contribution in [0.5, 0.6) is 0 Å². The average molecular weight is 330 g/mol. The minimum atomic E-state index is -0.520. The molecule has 1 aliphatic carbocycles. The molecular formula is C19H26N2O3. The van der Waals surface area contributed by atoms with E-state index in [4.69, 9.17) is 0 Å². The first kappa shape index (κ1) is 18.2. The Morgan fingerprint density at radius 2 is 1.96 bits per heavy atom. The predicted octanol–water partition coefficient (Wildman–Crippen LogP) is 3.39. The molecule has 0 radical (unpaired) electrons. The molecule has 1 heterocycles. The van der Waals surface area contributed by atoms with E-state index in [9.17, 15) is 14.7 Å². The first-order chi connectivity index (χ1) is 11.6. The van der Waals surface area contributed by atoms with Crippen molar-refractivity contribution in [2.75, 3.05) is 6.54 Å². The summed E-state index contributed by atoms with van der Waals surface area (Å²) >= 11 is 0. The molecule has 2 aliphatic rings. The average Bonchev–Trinajstić information content (AvgIpc) is 2.58. The Labute approximate surface area is 143 Å². The number of fused-ring (bicyclic) bond motifs is 1. The topological polar surface area (TPSA) is 78.8 Å². The van der Waals surface area contributed by atoms with Gasteiger partial charge >= 0.3 is 0 Å². The van der Waals surface area contributed by atoms with Gasteiger partial charge in [0.2, 0.25) is 5.91 Å². The van der Waals surface area contributed by atoms with Gasteiger partial charge in [0.25, 0.3) is 5.91 Å². The number of carbonyl (C=O) groups excluding carboxylic acids is 2. The number of allylic oxidation sites excluding steroid dienone is 4. The molecule has 2 N–H and O–H groups in total. The number of nitrogens with zero attached hydrogens (tertiary/aromatic N) is 1. The Hall–Kier alpha value is -2.17. The second-order valence-electron chi connectivity index (χ2n) is 6.22. The summed E-state index contributed by atoms with van der Waals surface area (Å²) in [5, 5.41) is 13.1. The molecule has 2 rings (SSSR count). The van der Waals surface area contributed by atoms with Crippen LogP contribution in [0.3, 0.4) is 0 Å². The standard InChI is InChI=1S/C19H26N2O3/c1-2-3-4-5-6-9-12-20-17(22)13-15-18(23)14-10-7-8-11-16(14)21-19(15)24/h7-8,10-11,14,23H,2-6,9,12-13H2,1H3,(H,20,22). The van der Waals surface area contributed by atoms with Crippen molar-refractivity contribution in [1.29, 1.82) is 0 Å². The number of nitrogens with one attached hydrogen (secondary N) is 1. The molecule has 1 unspecified atom stereocenters. The molecule has 24 heavy (non-hydrogen) atoms. The van der Waals surface area contributed by atoms with E-state index in [0.717, 1.165) is 12.8 Å². The van der Waals surface area contributed by atoms with Crippen molar-refractivity contribution in [3.8, 4) is 0 Å². The molecule has 130 valence electrons. The van der Waals surface area contributed by atoms with Crippen molar-refractivity contribution < 1.29 is 14.7 Å². The fourth-order valence-electron chi connectivity index (χ4n) is 2.87. The molecular weight excluding hydrogens is 304 g/mol. The number of unbranched alkanes of at least 4 members (excludes halogenated alkanes) is 5. The molecule has 0 aromatic rings. The van der Waals surface area contributed by atoms with E-state index in [2.05, 4.69) is 17.2 Å². The molecule has 1 atom stereocenters. The summed E-state index contributed by atoms with van der Waals surface area (Å²) in [4.78, 5) is 28.0. The highest BCUT2D eigenvalue weighted by molar-refractivity contribution is 6.14. The largest absolute Gasteiger partial charge is 0.511 e. The number of aliphatic hydroxyl groups excluding tert-OH is 1. The van der Waals surface area contributed by atoms with Gasteiger partial charge in [0, 0.05) is 6.54 Å². The number of hydrogen-bond acceptors (Lipinski definition) is 3. The normalized spacial score (nSPS) is 19.3. The number of rotatable bonds is 9. The Morgan fingerprint density at radius 3 is 2.75 bits per heavy atom. The lowest BCUT2D eigenvalue weighted by atomic mass is 9.89. The molecule has 0 aromatic heterocycles. The monoisotopic (exact) mass is 330 g/mol. The molecule has 0 aromatic carbocycles. The summed E-state index contributed by atoms with van der Waals surface area (Å²) in [7, 11) is 0. The van der Waals surface area contributed by atoms with E-state index in [1.54, 1.807) is 24.3 Å². The van der Waals surface area contributed by atoms with Crippen LogP contribution >= 0.6 is 0 Å². The number of carbonyl (C=O) groups is 2. The van der Waals surface area contributed by atoms with Crippen LogP contribution in [0.25, 0.3) is 0 Å². The molecule has 0 bridgehead atoms. The van der Waals surface area contributed by atoms with Crippen LogP contribution in [0.1, 0.15) is 51.9 Å². The molecule has 0 saturated heterocycles. The van der Waals surface area contributed by atoms with Gasteiger partial charge in [-0.3, -0.25) is 9.59 Å². The maximum absolute atomic E-state index is 12.0. The van der Waals surface area contributed by atoms with Gasteiger partial charge in [0.05, 0.1) is 23.6 Å². The Kier molecular flexibility index (Phi) is 6.97. The highest BCUT2D eigenvalue weighted by atomic mass is 16.3. The zero-order valence-corrected chi connectivity index (χ0v) is 14.3. The minimum absolute atomic E-state index is 0.0553. The maximum Gasteiger partial charge on any atom is 0.277 e. The molecule has 0 fully saturated rings. The third-order valence-electron chi connectivity index (χ3n) is 4.28.